The summed E-state index contributed by atoms with van der Waals surface area (Å²) in [4.78, 5) is 0. The van der Waals surface area contributed by atoms with E-state index in [1.807, 2.05) is 0 Å². The van der Waals surface area contributed by atoms with Crippen molar-refractivity contribution in [1.29, 1.82) is 0 Å². The van der Waals surface area contributed by atoms with Crippen molar-refractivity contribution in [3.05, 3.63) is 48.0 Å². The molecule has 15 heavy (non-hydrogen) atoms. The van der Waals surface area contributed by atoms with Crippen molar-refractivity contribution < 1.29 is 4.74 Å². The third-order valence-corrected chi connectivity index (χ3v) is 3.61. The molecule has 2 saturated heterocycles. The lowest BCUT2D eigenvalue weighted by Gasteiger charge is -2.35. The predicted molar refractivity (Wildman–Crippen MR) is 60.6 cm³/mol. The highest BCUT2D eigenvalue weighted by atomic mass is 16.5. The van der Waals surface area contributed by atoms with Gasteiger partial charge in [-0.1, -0.05) is 42.5 Å². The first-order chi connectivity index (χ1) is 7.28. The molecular formula is C14H16O. The van der Waals surface area contributed by atoms with Crippen LogP contribution in [0.4, 0.5) is 0 Å². The number of benzene rings is 1. The van der Waals surface area contributed by atoms with Crippen molar-refractivity contribution in [1.82, 2.24) is 0 Å². The van der Waals surface area contributed by atoms with E-state index in [9.17, 15) is 0 Å². The first-order valence-electron chi connectivity index (χ1n) is 5.68. The molecule has 0 aromatic heterocycles. The number of fused-ring (bicyclic) bond motifs is 2. The summed E-state index contributed by atoms with van der Waals surface area (Å²) in [5.74, 6) is 0. The van der Waals surface area contributed by atoms with Crippen LogP contribution in [0.25, 0.3) is 0 Å². The van der Waals surface area contributed by atoms with Crippen LogP contribution < -0.4 is 0 Å². The molecule has 1 nitrogen and oxygen atoms in total. The van der Waals surface area contributed by atoms with Crippen LogP contribution in [0, 0.1) is 0 Å². The molecule has 0 saturated carbocycles. The molecule has 2 atom stereocenters. The molecule has 0 amide bonds. The Balaban J connectivity index is 2.00. The van der Waals surface area contributed by atoms with Gasteiger partial charge < -0.3 is 4.74 Å². The zero-order chi connectivity index (χ0) is 10.3. The van der Waals surface area contributed by atoms with Crippen molar-refractivity contribution >= 4 is 0 Å². The minimum absolute atomic E-state index is 0.0404. The van der Waals surface area contributed by atoms with Gasteiger partial charge in [-0.15, -0.1) is 0 Å². The molecule has 0 aliphatic carbocycles. The van der Waals surface area contributed by atoms with Gasteiger partial charge in [-0.2, -0.15) is 0 Å². The molecule has 1 heteroatoms. The monoisotopic (exact) mass is 200 g/mol. The Morgan fingerprint density at radius 2 is 2.07 bits per heavy atom. The first-order valence-corrected chi connectivity index (χ1v) is 5.68. The van der Waals surface area contributed by atoms with Gasteiger partial charge in [0, 0.05) is 6.42 Å². The third kappa shape index (κ3) is 1.42. The normalized spacial score (nSPS) is 34.4. The second-order valence-electron chi connectivity index (χ2n) is 4.77. The van der Waals surface area contributed by atoms with Crippen molar-refractivity contribution in [2.45, 2.75) is 37.4 Å². The van der Waals surface area contributed by atoms with E-state index in [0.29, 0.717) is 6.10 Å². The van der Waals surface area contributed by atoms with Crippen LogP contribution in [-0.2, 0) is 10.3 Å². The molecule has 2 heterocycles. The minimum atomic E-state index is -0.0404. The van der Waals surface area contributed by atoms with E-state index in [0.717, 1.165) is 19.3 Å². The van der Waals surface area contributed by atoms with Crippen LogP contribution in [0.5, 0.6) is 0 Å². The second-order valence-corrected chi connectivity index (χ2v) is 4.77. The van der Waals surface area contributed by atoms with Gasteiger partial charge in [0.15, 0.2) is 0 Å². The highest BCUT2D eigenvalue weighted by Gasteiger charge is 2.45. The van der Waals surface area contributed by atoms with Crippen LogP contribution in [0.2, 0.25) is 0 Å². The SMILES string of the molecule is C=C1CC2CCC(c3ccccc3)(C1)O2. The Morgan fingerprint density at radius 1 is 1.27 bits per heavy atom. The average molecular weight is 200 g/mol. The van der Waals surface area contributed by atoms with Gasteiger partial charge in [-0.3, -0.25) is 0 Å². The fourth-order valence-corrected chi connectivity index (χ4v) is 2.96. The van der Waals surface area contributed by atoms with Gasteiger partial charge in [0.25, 0.3) is 0 Å². The van der Waals surface area contributed by atoms with Crippen LogP contribution in [0.15, 0.2) is 42.5 Å². The summed E-state index contributed by atoms with van der Waals surface area (Å²) in [6, 6.07) is 10.6. The average Bonchev–Trinajstić information content (AvgIpc) is 2.57. The zero-order valence-corrected chi connectivity index (χ0v) is 8.91. The number of hydrogen-bond acceptors (Lipinski definition) is 1. The molecule has 2 aliphatic rings. The lowest BCUT2D eigenvalue weighted by atomic mass is 9.85. The standard InChI is InChI=1S/C14H16O/c1-11-9-13-7-8-14(10-11,15-13)12-5-3-2-4-6-12/h2-6,13H,1,7-10H2. The van der Waals surface area contributed by atoms with Gasteiger partial charge in [0.05, 0.1) is 11.7 Å². The Morgan fingerprint density at radius 3 is 2.87 bits per heavy atom. The number of rotatable bonds is 1. The molecule has 3 rings (SSSR count). The van der Waals surface area contributed by atoms with E-state index in [1.165, 1.54) is 17.6 Å². The molecule has 0 spiro atoms. The summed E-state index contributed by atoms with van der Waals surface area (Å²) in [6.45, 7) is 4.15. The molecule has 2 fully saturated rings. The van der Waals surface area contributed by atoms with Crippen molar-refractivity contribution in [2.75, 3.05) is 0 Å². The van der Waals surface area contributed by atoms with E-state index < -0.39 is 0 Å². The Hall–Kier alpha value is -1.08. The maximum atomic E-state index is 6.18. The quantitative estimate of drug-likeness (QED) is 0.631. The predicted octanol–water partition coefficient (Wildman–Crippen LogP) is 3.41. The first kappa shape index (κ1) is 9.17. The summed E-state index contributed by atoms with van der Waals surface area (Å²) >= 11 is 0. The topological polar surface area (TPSA) is 9.23 Å². The van der Waals surface area contributed by atoms with Crippen molar-refractivity contribution in [2.24, 2.45) is 0 Å². The molecule has 1 aromatic carbocycles. The van der Waals surface area contributed by atoms with E-state index in [4.69, 9.17) is 4.74 Å². The van der Waals surface area contributed by atoms with E-state index >= 15 is 0 Å². The number of hydrogen-bond donors (Lipinski definition) is 0. The van der Waals surface area contributed by atoms with Gasteiger partial charge in [-0.25, -0.2) is 0 Å². The van der Waals surface area contributed by atoms with E-state index in [2.05, 4.69) is 36.9 Å². The smallest absolute Gasteiger partial charge is 0.0972 e. The van der Waals surface area contributed by atoms with Gasteiger partial charge >= 0.3 is 0 Å². The van der Waals surface area contributed by atoms with Crippen LogP contribution in [0.3, 0.4) is 0 Å². The highest BCUT2D eigenvalue weighted by molar-refractivity contribution is 5.28. The summed E-state index contributed by atoms with van der Waals surface area (Å²) in [5, 5.41) is 0. The molecular weight excluding hydrogens is 184 g/mol. The Kier molecular flexibility index (Phi) is 1.96. The van der Waals surface area contributed by atoms with Gasteiger partial charge in [0.2, 0.25) is 0 Å². The summed E-state index contributed by atoms with van der Waals surface area (Å²) in [6.07, 6.45) is 4.84. The van der Waals surface area contributed by atoms with Crippen molar-refractivity contribution in [3.63, 3.8) is 0 Å². The highest BCUT2D eigenvalue weighted by Crippen LogP contribution is 2.49. The van der Waals surface area contributed by atoms with E-state index in [-0.39, 0.29) is 5.60 Å². The minimum Gasteiger partial charge on any atom is -0.366 e. The second kappa shape index (κ2) is 3.21. The summed E-state index contributed by atoms with van der Waals surface area (Å²) in [7, 11) is 0. The number of ether oxygens (including phenoxy) is 1. The van der Waals surface area contributed by atoms with E-state index in [1.54, 1.807) is 0 Å². The summed E-state index contributed by atoms with van der Waals surface area (Å²) in [5.41, 5.74) is 2.64. The lowest BCUT2D eigenvalue weighted by molar-refractivity contribution is -0.0635. The maximum Gasteiger partial charge on any atom is 0.0972 e. The fourth-order valence-electron chi connectivity index (χ4n) is 2.96. The third-order valence-electron chi connectivity index (χ3n) is 3.61. The Bertz CT molecular complexity index is 382. The maximum absolute atomic E-state index is 6.18. The lowest BCUT2D eigenvalue weighted by Crippen LogP contribution is -2.31. The zero-order valence-electron chi connectivity index (χ0n) is 8.91. The summed E-state index contributed by atoms with van der Waals surface area (Å²) < 4.78 is 6.18. The molecule has 2 aliphatic heterocycles. The van der Waals surface area contributed by atoms with Crippen molar-refractivity contribution in [3.8, 4) is 0 Å². The molecule has 1 aromatic rings. The molecule has 2 unspecified atom stereocenters. The molecule has 0 N–H and O–H groups in total. The van der Waals surface area contributed by atoms with Gasteiger partial charge in [-0.05, 0) is 24.8 Å². The Labute approximate surface area is 90.8 Å². The molecule has 0 radical (unpaired) electrons. The van der Waals surface area contributed by atoms with Crippen LogP contribution in [-0.4, -0.2) is 6.10 Å². The molecule has 2 bridgehead atoms. The van der Waals surface area contributed by atoms with Crippen LogP contribution >= 0.6 is 0 Å². The van der Waals surface area contributed by atoms with Gasteiger partial charge in [0.1, 0.15) is 0 Å². The molecule has 78 valence electrons. The fraction of sp³-hybridized carbons (Fsp3) is 0.429. The van der Waals surface area contributed by atoms with Crippen LogP contribution in [0.1, 0.15) is 31.2 Å². The largest absolute Gasteiger partial charge is 0.366 e.